The maximum atomic E-state index is 11.5. The molecule has 0 aromatic rings. The van der Waals surface area contributed by atoms with Crippen molar-refractivity contribution in [1.82, 2.24) is 4.90 Å². The molecule has 1 saturated heterocycles. The molecule has 2 unspecified atom stereocenters. The van der Waals surface area contributed by atoms with Crippen LogP contribution in [-0.4, -0.2) is 36.6 Å². The Hall–Kier alpha value is -0.570. The first-order valence-electron chi connectivity index (χ1n) is 6.09. The summed E-state index contributed by atoms with van der Waals surface area (Å²) in [5.41, 5.74) is 0. The van der Waals surface area contributed by atoms with Gasteiger partial charge in [0.2, 0.25) is 0 Å². The number of ether oxygens (including phenoxy) is 1. The van der Waals surface area contributed by atoms with Gasteiger partial charge in [-0.25, -0.2) is 0 Å². The first kappa shape index (κ1) is 12.5. The van der Waals surface area contributed by atoms with Gasteiger partial charge >= 0.3 is 5.97 Å². The molecular formula is C12H23NO2. The second kappa shape index (κ2) is 6.11. The van der Waals surface area contributed by atoms with Crippen LogP contribution in [0.2, 0.25) is 0 Å². The minimum atomic E-state index is -0.0562. The maximum Gasteiger partial charge on any atom is 0.309 e. The topological polar surface area (TPSA) is 29.5 Å². The van der Waals surface area contributed by atoms with Crippen molar-refractivity contribution in [3.8, 4) is 0 Å². The first-order valence-corrected chi connectivity index (χ1v) is 6.09. The Morgan fingerprint density at radius 2 is 2.27 bits per heavy atom. The molecule has 0 aromatic carbocycles. The highest BCUT2D eigenvalue weighted by atomic mass is 16.5. The van der Waals surface area contributed by atoms with Crippen molar-refractivity contribution >= 4 is 5.97 Å². The molecule has 3 heteroatoms. The number of rotatable bonds is 5. The molecule has 2 atom stereocenters. The lowest BCUT2D eigenvalue weighted by Gasteiger charge is -2.25. The molecule has 1 aliphatic rings. The molecule has 0 saturated carbocycles. The van der Waals surface area contributed by atoms with Crippen molar-refractivity contribution in [3.63, 3.8) is 0 Å². The Bertz CT molecular complexity index is 206. The average Bonchev–Trinajstić information content (AvgIpc) is 2.65. The average molecular weight is 213 g/mol. The van der Waals surface area contributed by atoms with E-state index in [2.05, 4.69) is 11.8 Å². The molecule has 15 heavy (non-hydrogen) atoms. The molecule has 0 N–H and O–H groups in total. The summed E-state index contributed by atoms with van der Waals surface area (Å²) in [6.45, 7) is 8.52. The minimum absolute atomic E-state index is 0.0112. The standard InChI is InChI=1S/C12H23NO2/c1-4-11-7-6-8-13(11)9-10(3)12(14)15-5-2/h10-11H,4-9H2,1-3H3. The van der Waals surface area contributed by atoms with Crippen LogP contribution in [0.4, 0.5) is 0 Å². The molecule has 0 bridgehead atoms. The van der Waals surface area contributed by atoms with Crippen LogP contribution in [-0.2, 0) is 9.53 Å². The normalized spacial score (nSPS) is 24.1. The van der Waals surface area contributed by atoms with Crippen LogP contribution in [0.5, 0.6) is 0 Å². The van der Waals surface area contributed by atoms with Crippen molar-refractivity contribution in [2.45, 2.75) is 46.1 Å². The summed E-state index contributed by atoms with van der Waals surface area (Å²) >= 11 is 0. The fourth-order valence-corrected chi connectivity index (χ4v) is 2.31. The quantitative estimate of drug-likeness (QED) is 0.655. The zero-order chi connectivity index (χ0) is 11.3. The van der Waals surface area contributed by atoms with Gasteiger partial charge in [-0.1, -0.05) is 13.8 Å². The third-order valence-corrected chi connectivity index (χ3v) is 3.17. The van der Waals surface area contributed by atoms with Crippen LogP contribution in [0.3, 0.4) is 0 Å². The van der Waals surface area contributed by atoms with Gasteiger partial charge in [0.15, 0.2) is 0 Å². The predicted molar refractivity (Wildman–Crippen MR) is 60.7 cm³/mol. The molecule has 0 aromatic heterocycles. The van der Waals surface area contributed by atoms with Crippen molar-refractivity contribution in [2.75, 3.05) is 19.7 Å². The van der Waals surface area contributed by atoms with Gasteiger partial charge in [-0.2, -0.15) is 0 Å². The Labute approximate surface area is 92.8 Å². The summed E-state index contributed by atoms with van der Waals surface area (Å²) in [7, 11) is 0. The monoisotopic (exact) mass is 213 g/mol. The lowest BCUT2D eigenvalue weighted by molar-refractivity contribution is -0.148. The van der Waals surface area contributed by atoms with Crippen LogP contribution >= 0.6 is 0 Å². The lowest BCUT2D eigenvalue weighted by Crippen LogP contribution is -2.35. The number of carbonyl (C=O) groups excluding carboxylic acids is 1. The van der Waals surface area contributed by atoms with E-state index >= 15 is 0 Å². The van der Waals surface area contributed by atoms with Gasteiger partial charge in [0.05, 0.1) is 12.5 Å². The Morgan fingerprint density at radius 1 is 1.53 bits per heavy atom. The smallest absolute Gasteiger partial charge is 0.309 e. The van der Waals surface area contributed by atoms with Crippen molar-refractivity contribution in [1.29, 1.82) is 0 Å². The van der Waals surface area contributed by atoms with E-state index in [4.69, 9.17) is 4.74 Å². The minimum Gasteiger partial charge on any atom is -0.466 e. The summed E-state index contributed by atoms with van der Waals surface area (Å²) in [5.74, 6) is -0.0450. The van der Waals surface area contributed by atoms with Gasteiger partial charge < -0.3 is 4.74 Å². The Kier molecular flexibility index (Phi) is 5.09. The highest BCUT2D eigenvalue weighted by molar-refractivity contribution is 5.72. The van der Waals surface area contributed by atoms with Gasteiger partial charge in [-0.15, -0.1) is 0 Å². The number of esters is 1. The number of hydrogen-bond donors (Lipinski definition) is 0. The molecule has 1 fully saturated rings. The third kappa shape index (κ3) is 3.49. The van der Waals surface area contributed by atoms with Crippen molar-refractivity contribution < 1.29 is 9.53 Å². The zero-order valence-corrected chi connectivity index (χ0v) is 10.2. The number of carbonyl (C=O) groups is 1. The Balaban J connectivity index is 2.36. The van der Waals surface area contributed by atoms with Crippen LogP contribution in [0.1, 0.15) is 40.0 Å². The number of likely N-dealkylation sites (tertiary alicyclic amines) is 1. The van der Waals surface area contributed by atoms with Crippen LogP contribution in [0, 0.1) is 5.92 Å². The lowest BCUT2D eigenvalue weighted by atomic mass is 10.1. The van der Waals surface area contributed by atoms with Gasteiger partial charge in [0, 0.05) is 12.6 Å². The van der Waals surface area contributed by atoms with E-state index in [0.29, 0.717) is 12.6 Å². The third-order valence-electron chi connectivity index (χ3n) is 3.17. The van der Waals surface area contributed by atoms with Gasteiger partial charge in [0.25, 0.3) is 0 Å². The highest BCUT2D eigenvalue weighted by Gasteiger charge is 2.26. The van der Waals surface area contributed by atoms with E-state index in [-0.39, 0.29) is 11.9 Å². The van der Waals surface area contributed by atoms with Crippen molar-refractivity contribution in [2.24, 2.45) is 5.92 Å². The zero-order valence-electron chi connectivity index (χ0n) is 10.2. The van der Waals surface area contributed by atoms with Gasteiger partial charge in [-0.3, -0.25) is 9.69 Å². The van der Waals surface area contributed by atoms with Crippen molar-refractivity contribution in [3.05, 3.63) is 0 Å². The van der Waals surface area contributed by atoms with E-state index < -0.39 is 0 Å². The van der Waals surface area contributed by atoms with E-state index in [9.17, 15) is 4.79 Å². The molecule has 1 heterocycles. The molecule has 0 radical (unpaired) electrons. The Morgan fingerprint density at radius 3 is 2.87 bits per heavy atom. The second-order valence-corrected chi connectivity index (χ2v) is 4.35. The summed E-state index contributed by atoms with van der Waals surface area (Å²) in [6.07, 6.45) is 3.75. The summed E-state index contributed by atoms with van der Waals surface area (Å²) < 4.78 is 5.02. The van der Waals surface area contributed by atoms with E-state index in [1.54, 1.807) is 0 Å². The molecule has 0 spiro atoms. The number of nitrogens with zero attached hydrogens (tertiary/aromatic N) is 1. The highest BCUT2D eigenvalue weighted by Crippen LogP contribution is 2.21. The summed E-state index contributed by atoms with van der Waals surface area (Å²) in [4.78, 5) is 13.9. The molecular weight excluding hydrogens is 190 g/mol. The fourth-order valence-electron chi connectivity index (χ4n) is 2.31. The second-order valence-electron chi connectivity index (χ2n) is 4.35. The summed E-state index contributed by atoms with van der Waals surface area (Å²) in [6, 6.07) is 0.682. The SMILES string of the molecule is CCOC(=O)C(C)CN1CCCC1CC. The fraction of sp³-hybridized carbons (Fsp3) is 0.917. The van der Waals surface area contributed by atoms with Gasteiger partial charge in [-0.05, 0) is 32.7 Å². The molecule has 1 aliphatic heterocycles. The van der Waals surface area contributed by atoms with Crippen LogP contribution in [0.15, 0.2) is 0 Å². The van der Waals surface area contributed by atoms with E-state index in [0.717, 1.165) is 13.1 Å². The van der Waals surface area contributed by atoms with Gasteiger partial charge in [0.1, 0.15) is 0 Å². The van der Waals surface area contributed by atoms with Crippen LogP contribution < -0.4 is 0 Å². The predicted octanol–water partition coefficient (Wildman–Crippen LogP) is 2.06. The largest absolute Gasteiger partial charge is 0.466 e. The summed E-state index contributed by atoms with van der Waals surface area (Å²) in [5, 5.41) is 0. The maximum absolute atomic E-state index is 11.5. The molecule has 88 valence electrons. The molecule has 1 rings (SSSR count). The first-order chi connectivity index (χ1) is 7.19. The molecule has 3 nitrogen and oxygen atoms in total. The van der Waals surface area contributed by atoms with Crippen LogP contribution in [0.25, 0.3) is 0 Å². The van der Waals surface area contributed by atoms with E-state index in [1.165, 1.54) is 19.3 Å². The molecule has 0 amide bonds. The number of hydrogen-bond acceptors (Lipinski definition) is 3. The van der Waals surface area contributed by atoms with E-state index in [1.807, 2.05) is 13.8 Å². The molecule has 0 aliphatic carbocycles.